The van der Waals surface area contributed by atoms with Crippen molar-refractivity contribution in [1.82, 2.24) is 5.32 Å². The minimum atomic E-state index is -0.159. The highest BCUT2D eigenvalue weighted by atomic mass is 79.9. The quantitative estimate of drug-likeness (QED) is 0.773. The molecular formula is C16H24BrN3O. The van der Waals surface area contributed by atoms with Gasteiger partial charge in [0.2, 0.25) is 5.91 Å². The summed E-state index contributed by atoms with van der Waals surface area (Å²) in [6.07, 6.45) is 2.85. The molecule has 5 heteroatoms. The largest absolute Gasteiger partial charge is 0.371 e. The Morgan fingerprint density at radius 3 is 2.71 bits per heavy atom. The highest BCUT2D eigenvalue weighted by Gasteiger charge is 2.23. The Morgan fingerprint density at radius 1 is 1.43 bits per heavy atom. The zero-order valence-electron chi connectivity index (χ0n) is 12.6. The van der Waals surface area contributed by atoms with Crippen LogP contribution in [0.1, 0.15) is 31.7 Å². The van der Waals surface area contributed by atoms with Crippen LogP contribution in [0.15, 0.2) is 22.7 Å². The van der Waals surface area contributed by atoms with Crippen LogP contribution in [0.2, 0.25) is 0 Å². The third-order valence-electron chi connectivity index (χ3n) is 4.04. The second-order valence-electron chi connectivity index (χ2n) is 5.62. The first-order valence-corrected chi connectivity index (χ1v) is 8.44. The van der Waals surface area contributed by atoms with Gasteiger partial charge in [0.05, 0.1) is 0 Å². The standard InChI is InChI=1S/C16H24BrN3O/c1-2-7-19-11-13-3-4-14(10-15(13)17)20-8-5-12(6-9-20)16(18)21/h3-4,10,12,19H,2,5-9,11H2,1H3,(H2,18,21). The number of amides is 1. The van der Waals surface area contributed by atoms with Crippen molar-refractivity contribution < 1.29 is 4.79 Å². The van der Waals surface area contributed by atoms with Crippen molar-refractivity contribution >= 4 is 27.5 Å². The maximum absolute atomic E-state index is 11.2. The number of nitrogens with one attached hydrogen (secondary N) is 1. The van der Waals surface area contributed by atoms with E-state index < -0.39 is 0 Å². The van der Waals surface area contributed by atoms with Crippen LogP contribution >= 0.6 is 15.9 Å². The van der Waals surface area contributed by atoms with Crippen LogP contribution in [0.5, 0.6) is 0 Å². The van der Waals surface area contributed by atoms with Gasteiger partial charge < -0.3 is 16.0 Å². The highest BCUT2D eigenvalue weighted by Crippen LogP contribution is 2.27. The lowest BCUT2D eigenvalue weighted by atomic mass is 9.96. The first kappa shape index (κ1) is 16.3. The monoisotopic (exact) mass is 353 g/mol. The van der Waals surface area contributed by atoms with Crippen molar-refractivity contribution in [3.63, 3.8) is 0 Å². The van der Waals surface area contributed by atoms with Gasteiger partial charge >= 0.3 is 0 Å². The Morgan fingerprint density at radius 2 is 2.14 bits per heavy atom. The van der Waals surface area contributed by atoms with Crippen LogP contribution in [0.25, 0.3) is 0 Å². The molecule has 0 radical (unpaired) electrons. The molecular weight excluding hydrogens is 330 g/mol. The predicted octanol–water partition coefficient (Wildman–Crippen LogP) is 2.65. The van der Waals surface area contributed by atoms with Crippen molar-refractivity contribution in [2.24, 2.45) is 11.7 Å². The smallest absolute Gasteiger partial charge is 0.220 e. The molecule has 3 N–H and O–H groups in total. The van der Waals surface area contributed by atoms with Crippen LogP contribution in [0.3, 0.4) is 0 Å². The summed E-state index contributed by atoms with van der Waals surface area (Å²) >= 11 is 3.66. The van der Waals surface area contributed by atoms with E-state index in [1.807, 2.05) is 0 Å². The van der Waals surface area contributed by atoms with E-state index in [0.717, 1.165) is 49.9 Å². The van der Waals surface area contributed by atoms with Crippen molar-refractivity contribution in [2.75, 3.05) is 24.5 Å². The average molecular weight is 354 g/mol. The minimum Gasteiger partial charge on any atom is -0.371 e. The molecule has 1 heterocycles. The molecule has 116 valence electrons. The van der Waals surface area contributed by atoms with E-state index in [2.05, 4.69) is 51.3 Å². The number of anilines is 1. The minimum absolute atomic E-state index is 0.0437. The van der Waals surface area contributed by atoms with E-state index in [0.29, 0.717) is 0 Å². The molecule has 1 amide bonds. The molecule has 0 aliphatic carbocycles. The molecule has 1 saturated heterocycles. The lowest BCUT2D eigenvalue weighted by Gasteiger charge is -2.32. The normalized spacial score (nSPS) is 16.2. The van der Waals surface area contributed by atoms with E-state index >= 15 is 0 Å². The molecule has 1 fully saturated rings. The molecule has 21 heavy (non-hydrogen) atoms. The van der Waals surface area contributed by atoms with Gasteiger partial charge in [-0.2, -0.15) is 0 Å². The maximum Gasteiger partial charge on any atom is 0.220 e. The van der Waals surface area contributed by atoms with E-state index in [1.54, 1.807) is 0 Å². The van der Waals surface area contributed by atoms with Crippen LogP contribution < -0.4 is 16.0 Å². The average Bonchev–Trinajstić information content (AvgIpc) is 2.49. The molecule has 0 saturated carbocycles. The van der Waals surface area contributed by atoms with Gasteiger partial charge in [0.1, 0.15) is 0 Å². The lowest BCUT2D eigenvalue weighted by molar-refractivity contribution is -0.122. The van der Waals surface area contributed by atoms with E-state index in [1.165, 1.54) is 11.3 Å². The van der Waals surface area contributed by atoms with Crippen molar-refractivity contribution in [3.05, 3.63) is 28.2 Å². The first-order valence-electron chi connectivity index (χ1n) is 7.65. The molecule has 0 bridgehead atoms. The van der Waals surface area contributed by atoms with Crippen LogP contribution in [0.4, 0.5) is 5.69 Å². The number of piperidine rings is 1. The lowest BCUT2D eigenvalue weighted by Crippen LogP contribution is -2.38. The van der Waals surface area contributed by atoms with Crippen LogP contribution in [0, 0.1) is 5.92 Å². The van der Waals surface area contributed by atoms with Crippen LogP contribution in [-0.4, -0.2) is 25.5 Å². The van der Waals surface area contributed by atoms with E-state index in [-0.39, 0.29) is 11.8 Å². The number of carbonyl (C=O) groups excluding carboxylic acids is 1. The summed E-state index contributed by atoms with van der Waals surface area (Å²) in [6.45, 7) is 5.88. The molecule has 0 atom stereocenters. The number of primary amides is 1. The molecule has 4 nitrogen and oxygen atoms in total. The number of hydrogen-bond acceptors (Lipinski definition) is 3. The number of nitrogens with two attached hydrogens (primary N) is 1. The molecule has 0 spiro atoms. The van der Waals surface area contributed by atoms with E-state index in [4.69, 9.17) is 5.73 Å². The number of benzene rings is 1. The number of rotatable bonds is 6. The van der Waals surface area contributed by atoms with Gasteiger partial charge in [0, 0.05) is 35.7 Å². The van der Waals surface area contributed by atoms with Gasteiger partial charge in [0.25, 0.3) is 0 Å². The summed E-state index contributed by atoms with van der Waals surface area (Å²) in [5.74, 6) is -0.115. The molecule has 1 aromatic carbocycles. The summed E-state index contributed by atoms with van der Waals surface area (Å²) in [4.78, 5) is 13.5. The Kier molecular flexibility index (Phi) is 6.06. The summed E-state index contributed by atoms with van der Waals surface area (Å²) in [5, 5.41) is 3.41. The van der Waals surface area contributed by atoms with Gasteiger partial charge in [0.15, 0.2) is 0 Å². The number of carbonyl (C=O) groups is 1. The summed E-state index contributed by atoms with van der Waals surface area (Å²) in [5.41, 5.74) is 7.87. The maximum atomic E-state index is 11.2. The highest BCUT2D eigenvalue weighted by molar-refractivity contribution is 9.10. The predicted molar refractivity (Wildman–Crippen MR) is 90.3 cm³/mol. The molecule has 0 unspecified atom stereocenters. The summed E-state index contributed by atoms with van der Waals surface area (Å²) in [6, 6.07) is 6.51. The Bertz CT molecular complexity index is 484. The Hall–Kier alpha value is -1.07. The third kappa shape index (κ3) is 4.45. The van der Waals surface area contributed by atoms with Gasteiger partial charge in [-0.15, -0.1) is 0 Å². The van der Waals surface area contributed by atoms with Gasteiger partial charge in [-0.1, -0.05) is 28.9 Å². The molecule has 0 aromatic heterocycles. The summed E-state index contributed by atoms with van der Waals surface area (Å²) in [7, 11) is 0. The fraction of sp³-hybridized carbons (Fsp3) is 0.562. The Labute approximate surface area is 135 Å². The molecule has 1 aliphatic rings. The number of hydrogen-bond donors (Lipinski definition) is 2. The topological polar surface area (TPSA) is 58.4 Å². The Balaban J connectivity index is 1.95. The van der Waals surface area contributed by atoms with Crippen molar-refractivity contribution in [1.29, 1.82) is 0 Å². The first-order chi connectivity index (χ1) is 10.1. The second-order valence-corrected chi connectivity index (χ2v) is 6.47. The van der Waals surface area contributed by atoms with E-state index in [9.17, 15) is 4.79 Å². The molecule has 1 aliphatic heterocycles. The zero-order valence-corrected chi connectivity index (χ0v) is 14.2. The molecule has 1 aromatic rings. The second kappa shape index (κ2) is 7.80. The van der Waals surface area contributed by atoms with Crippen LogP contribution in [-0.2, 0) is 11.3 Å². The number of nitrogens with zero attached hydrogens (tertiary/aromatic N) is 1. The van der Waals surface area contributed by atoms with Crippen molar-refractivity contribution in [3.8, 4) is 0 Å². The van der Waals surface area contributed by atoms with Gasteiger partial charge in [-0.25, -0.2) is 0 Å². The van der Waals surface area contributed by atoms with Gasteiger partial charge in [-0.05, 0) is 43.5 Å². The van der Waals surface area contributed by atoms with Crippen molar-refractivity contribution in [2.45, 2.75) is 32.7 Å². The zero-order chi connectivity index (χ0) is 15.2. The fourth-order valence-corrected chi connectivity index (χ4v) is 3.21. The number of halogens is 1. The SMILES string of the molecule is CCCNCc1ccc(N2CCC(C(N)=O)CC2)cc1Br. The third-order valence-corrected chi connectivity index (χ3v) is 4.78. The summed E-state index contributed by atoms with van der Waals surface area (Å²) < 4.78 is 1.14. The van der Waals surface area contributed by atoms with Gasteiger partial charge in [-0.3, -0.25) is 4.79 Å². The molecule has 2 rings (SSSR count). The fourth-order valence-electron chi connectivity index (χ4n) is 2.70.